The molecular weight excluding hydrogens is 434 g/mol. The first-order valence-electron chi connectivity index (χ1n) is 12.5. The first-order valence-corrected chi connectivity index (χ1v) is 13.3. The van der Waals surface area contributed by atoms with Crippen molar-refractivity contribution in [3.8, 4) is 22.0 Å². The minimum atomic E-state index is 0.551. The van der Waals surface area contributed by atoms with Crippen LogP contribution in [0.4, 0.5) is 0 Å². The second-order valence-corrected chi connectivity index (χ2v) is 10.9. The summed E-state index contributed by atoms with van der Waals surface area (Å²) in [4.78, 5) is 5.16. The topological polar surface area (TPSA) is 21.7 Å². The molecule has 1 saturated carbocycles. The number of imidazole rings is 1. The molecule has 0 amide bonds. The molecular formula is C30H32N3S+. The van der Waals surface area contributed by atoms with Crippen molar-refractivity contribution in [1.82, 2.24) is 9.55 Å². The smallest absolute Gasteiger partial charge is 0.236 e. The molecule has 0 N–H and O–H groups in total. The fraction of sp³-hybridized carbons (Fsp3) is 0.333. The highest BCUT2D eigenvalue weighted by atomic mass is 32.1. The van der Waals surface area contributed by atoms with Gasteiger partial charge in [-0.1, -0.05) is 42.8 Å². The molecule has 0 aliphatic heterocycles. The lowest BCUT2D eigenvalue weighted by Gasteiger charge is -2.21. The zero-order chi connectivity index (χ0) is 23.4. The number of aromatic nitrogens is 3. The van der Waals surface area contributed by atoms with E-state index in [2.05, 4.69) is 91.6 Å². The Labute approximate surface area is 205 Å². The highest BCUT2D eigenvalue weighted by Crippen LogP contribution is 2.42. The van der Waals surface area contributed by atoms with Gasteiger partial charge in [0.25, 0.3) is 5.82 Å². The third kappa shape index (κ3) is 3.31. The van der Waals surface area contributed by atoms with E-state index in [0.29, 0.717) is 6.04 Å². The van der Waals surface area contributed by atoms with Crippen molar-refractivity contribution in [2.24, 2.45) is 7.05 Å². The van der Waals surface area contributed by atoms with Crippen molar-refractivity contribution in [3.05, 3.63) is 71.3 Å². The van der Waals surface area contributed by atoms with Crippen LogP contribution in [-0.2, 0) is 7.05 Å². The predicted molar refractivity (Wildman–Crippen MR) is 143 cm³/mol. The van der Waals surface area contributed by atoms with Crippen LogP contribution in [0.2, 0.25) is 0 Å². The predicted octanol–water partition coefficient (Wildman–Crippen LogP) is 7.84. The monoisotopic (exact) mass is 466 g/mol. The first-order chi connectivity index (χ1) is 16.5. The van der Waals surface area contributed by atoms with E-state index in [1.54, 1.807) is 0 Å². The molecule has 4 heteroatoms. The van der Waals surface area contributed by atoms with Gasteiger partial charge in [-0.05, 0) is 81.3 Å². The molecule has 0 unspecified atom stereocenters. The molecule has 34 heavy (non-hydrogen) atoms. The number of aryl methyl sites for hydroxylation is 4. The molecule has 3 aromatic carbocycles. The maximum absolute atomic E-state index is 5.16. The summed E-state index contributed by atoms with van der Waals surface area (Å²) in [5, 5.41) is 1.13. The van der Waals surface area contributed by atoms with Crippen molar-refractivity contribution in [1.29, 1.82) is 0 Å². The Balaban J connectivity index is 1.66. The van der Waals surface area contributed by atoms with Crippen LogP contribution >= 0.6 is 11.3 Å². The zero-order valence-corrected chi connectivity index (χ0v) is 21.4. The molecule has 172 valence electrons. The number of para-hydroxylation sites is 2. The molecule has 1 aliphatic carbocycles. The summed E-state index contributed by atoms with van der Waals surface area (Å²) in [6.45, 7) is 6.65. The second kappa shape index (κ2) is 8.35. The first kappa shape index (κ1) is 21.5. The number of benzene rings is 3. The molecule has 0 bridgehead atoms. The maximum atomic E-state index is 5.16. The van der Waals surface area contributed by atoms with Crippen molar-refractivity contribution in [3.63, 3.8) is 0 Å². The Bertz CT molecular complexity index is 1510. The molecule has 1 fully saturated rings. The second-order valence-electron chi connectivity index (χ2n) is 9.92. The van der Waals surface area contributed by atoms with E-state index in [-0.39, 0.29) is 0 Å². The summed E-state index contributed by atoms with van der Waals surface area (Å²) >= 11 is 1.85. The van der Waals surface area contributed by atoms with E-state index in [0.717, 1.165) is 10.5 Å². The molecule has 2 aromatic heterocycles. The molecule has 5 aromatic rings. The summed E-state index contributed by atoms with van der Waals surface area (Å²) < 4.78 is 6.38. The Morgan fingerprint density at radius 1 is 0.824 bits per heavy atom. The standard InChI is InChI=1S/C30H32N3S/c1-19-11-10-12-20(2)26(19)29-31-23-18-17-21(3)27(28(23)34-29)30-32(4)24-15-8-9-16-25(24)33(30)22-13-6-5-7-14-22/h8-12,15-18,22H,5-7,13-14H2,1-4H3/q+1. The van der Waals surface area contributed by atoms with Crippen LogP contribution in [0.1, 0.15) is 54.8 Å². The largest absolute Gasteiger partial charge is 0.291 e. The number of hydrogen-bond donors (Lipinski definition) is 0. The average Bonchev–Trinajstić information content (AvgIpc) is 3.39. The van der Waals surface area contributed by atoms with Crippen LogP contribution < -0.4 is 4.57 Å². The van der Waals surface area contributed by atoms with Crippen molar-refractivity contribution in [2.75, 3.05) is 0 Å². The summed E-state index contributed by atoms with van der Waals surface area (Å²) in [5.74, 6) is 1.33. The van der Waals surface area contributed by atoms with E-state index in [4.69, 9.17) is 4.98 Å². The van der Waals surface area contributed by atoms with Crippen LogP contribution in [0.5, 0.6) is 0 Å². The van der Waals surface area contributed by atoms with E-state index in [1.165, 1.54) is 81.5 Å². The maximum Gasteiger partial charge on any atom is 0.291 e. The van der Waals surface area contributed by atoms with Crippen molar-refractivity contribution in [2.45, 2.75) is 58.9 Å². The molecule has 0 atom stereocenters. The van der Waals surface area contributed by atoms with Crippen LogP contribution in [-0.4, -0.2) is 9.55 Å². The van der Waals surface area contributed by atoms with E-state index in [9.17, 15) is 0 Å². The lowest BCUT2D eigenvalue weighted by Crippen LogP contribution is -2.31. The molecule has 6 rings (SSSR count). The third-order valence-electron chi connectivity index (χ3n) is 7.67. The fourth-order valence-corrected chi connectivity index (χ4v) is 7.30. The highest BCUT2D eigenvalue weighted by Gasteiger charge is 2.33. The van der Waals surface area contributed by atoms with Gasteiger partial charge in [0, 0.05) is 5.56 Å². The number of thiazole rings is 1. The molecule has 0 saturated heterocycles. The third-order valence-corrected chi connectivity index (χ3v) is 8.78. The van der Waals surface area contributed by atoms with Gasteiger partial charge in [0.05, 0.1) is 22.8 Å². The van der Waals surface area contributed by atoms with Gasteiger partial charge < -0.3 is 0 Å². The summed E-state index contributed by atoms with van der Waals surface area (Å²) in [6, 6.07) is 20.5. The SMILES string of the molecule is Cc1cccc(C)c1-c1nc2ccc(C)c(-c3n(C4CCCCC4)c4ccccc4[n+]3C)c2s1. The highest BCUT2D eigenvalue weighted by molar-refractivity contribution is 7.22. The molecule has 3 nitrogen and oxygen atoms in total. The van der Waals surface area contributed by atoms with Crippen LogP contribution in [0.15, 0.2) is 54.6 Å². The number of nitrogens with zero attached hydrogens (tertiary/aromatic N) is 3. The minimum absolute atomic E-state index is 0.551. The van der Waals surface area contributed by atoms with Gasteiger partial charge in [-0.3, -0.25) is 0 Å². The average molecular weight is 467 g/mol. The Morgan fingerprint density at radius 3 is 2.29 bits per heavy atom. The zero-order valence-electron chi connectivity index (χ0n) is 20.6. The number of hydrogen-bond acceptors (Lipinski definition) is 2. The number of fused-ring (bicyclic) bond motifs is 2. The molecule has 0 spiro atoms. The van der Waals surface area contributed by atoms with Gasteiger partial charge in [0.15, 0.2) is 11.0 Å². The molecule has 0 radical (unpaired) electrons. The quantitative estimate of drug-likeness (QED) is 0.248. The van der Waals surface area contributed by atoms with E-state index >= 15 is 0 Å². The van der Waals surface area contributed by atoms with Crippen LogP contribution in [0.3, 0.4) is 0 Å². The van der Waals surface area contributed by atoms with Gasteiger partial charge >= 0.3 is 0 Å². The fourth-order valence-electron chi connectivity index (χ4n) is 5.97. The summed E-state index contributed by atoms with van der Waals surface area (Å²) in [6.07, 6.45) is 6.52. The minimum Gasteiger partial charge on any atom is -0.236 e. The Hall–Kier alpha value is -2.98. The summed E-state index contributed by atoms with van der Waals surface area (Å²) in [5.41, 5.74) is 10.3. The van der Waals surface area contributed by atoms with Crippen LogP contribution in [0, 0.1) is 20.8 Å². The van der Waals surface area contributed by atoms with Gasteiger partial charge in [-0.15, -0.1) is 11.3 Å². The lowest BCUT2D eigenvalue weighted by atomic mass is 9.94. The molecule has 2 heterocycles. The molecule has 1 aliphatic rings. The number of rotatable bonds is 3. The van der Waals surface area contributed by atoms with Crippen LogP contribution in [0.25, 0.3) is 43.2 Å². The Kier molecular flexibility index (Phi) is 5.29. The van der Waals surface area contributed by atoms with Gasteiger partial charge in [0.1, 0.15) is 11.0 Å². The van der Waals surface area contributed by atoms with E-state index < -0.39 is 0 Å². The van der Waals surface area contributed by atoms with Gasteiger partial charge in [0.2, 0.25) is 0 Å². The van der Waals surface area contributed by atoms with E-state index in [1.807, 2.05) is 11.3 Å². The Morgan fingerprint density at radius 2 is 1.53 bits per heavy atom. The normalized spacial score (nSPS) is 14.9. The lowest BCUT2D eigenvalue weighted by molar-refractivity contribution is -0.634. The summed E-state index contributed by atoms with van der Waals surface area (Å²) in [7, 11) is 2.24. The van der Waals surface area contributed by atoms with Gasteiger partial charge in [-0.2, -0.15) is 0 Å². The van der Waals surface area contributed by atoms with Crippen molar-refractivity contribution >= 4 is 32.6 Å². The van der Waals surface area contributed by atoms with Crippen molar-refractivity contribution < 1.29 is 4.57 Å². The van der Waals surface area contributed by atoms with Gasteiger partial charge in [-0.25, -0.2) is 14.1 Å².